The minimum absolute atomic E-state index is 0.551. The first-order valence-corrected chi connectivity index (χ1v) is 7.87. The topological polar surface area (TPSA) is 18.5 Å². The number of rotatable bonds is 6. The molecule has 0 aromatic heterocycles. The Bertz CT molecular complexity index is 733. The van der Waals surface area contributed by atoms with Gasteiger partial charge in [0, 0.05) is 6.07 Å². The lowest BCUT2D eigenvalue weighted by Crippen LogP contribution is -1.95. The molecule has 0 bridgehead atoms. The number of hydrogen-bond donors (Lipinski definition) is 0. The molecule has 3 rings (SSSR count). The molecule has 0 saturated carbocycles. The van der Waals surface area contributed by atoms with Gasteiger partial charge in [-0.3, -0.25) is 0 Å². The van der Waals surface area contributed by atoms with Crippen molar-refractivity contribution in [2.75, 3.05) is 0 Å². The van der Waals surface area contributed by atoms with E-state index < -0.39 is 0 Å². The van der Waals surface area contributed by atoms with E-state index in [1.54, 1.807) is 0 Å². The Morgan fingerprint density at radius 1 is 0.652 bits per heavy atom. The van der Waals surface area contributed by atoms with Gasteiger partial charge in [0.15, 0.2) is 0 Å². The number of benzene rings is 3. The molecule has 0 radical (unpaired) electrons. The largest absolute Gasteiger partial charge is 0.489 e. The maximum Gasteiger partial charge on any atom is 0.131 e. The third-order valence-electron chi connectivity index (χ3n) is 3.62. The summed E-state index contributed by atoms with van der Waals surface area (Å²) in [4.78, 5) is 0. The second-order valence-corrected chi connectivity index (χ2v) is 5.35. The summed E-state index contributed by atoms with van der Waals surface area (Å²) >= 11 is 0. The van der Waals surface area contributed by atoms with Gasteiger partial charge in [-0.2, -0.15) is 0 Å². The summed E-state index contributed by atoms with van der Waals surface area (Å²) in [6.07, 6.45) is 1.03. The van der Waals surface area contributed by atoms with E-state index in [1.807, 2.05) is 54.6 Å². The van der Waals surface area contributed by atoms with Crippen molar-refractivity contribution in [1.29, 1.82) is 0 Å². The fourth-order valence-electron chi connectivity index (χ4n) is 2.30. The minimum atomic E-state index is 0.551. The Morgan fingerprint density at radius 2 is 1.39 bits per heavy atom. The van der Waals surface area contributed by atoms with Crippen molar-refractivity contribution in [3.8, 4) is 17.2 Å². The molecular weight excluding hydrogens is 284 g/mol. The highest BCUT2D eigenvalue weighted by molar-refractivity contribution is 5.37. The molecule has 3 aromatic rings. The summed E-state index contributed by atoms with van der Waals surface area (Å²) in [7, 11) is 0. The van der Waals surface area contributed by atoms with Crippen LogP contribution in [-0.4, -0.2) is 0 Å². The Kier molecular flexibility index (Phi) is 4.95. The van der Waals surface area contributed by atoms with E-state index in [4.69, 9.17) is 9.47 Å². The average Bonchev–Trinajstić information content (AvgIpc) is 2.62. The van der Waals surface area contributed by atoms with E-state index in [2.05, 4.69) is 31.2 Å². The molecule has 0 atom stereocenters. The van der Waals surface area contributed by atoms with Crippen molar-refractivity contribution >= 4 is 0 Å². The molecule has 0 amide bonds. The SMILES string of the molecule is CCc1ccc(Oc2cccc(OCc3ccccc3)c2)cc1. The number of ether oxygens (including phenoxy) is 2. The van der Waals surface area contributed by atoms with Gasteiger partial charge in [-0.25, -0.2) is 0 Å². The standard InChI is InChI=1S/C21H20O2/c1-2-17-11-13-19(14-12-17)23-21-10-6-9-20(15-21)22-16-18-7-4-3-5-8-18/h3-15H,2,16H2,1H3. The van der Waals surface area contributed by atoms with E-state index in [1.165, 1.54) is 5.56 Å². The van der Waals surface area contributed by atoms with Crippen LogP contribution in [0.3, 0.4) is 0 Å². The van der Waals surface area contributed by atoms with Crippen LogP contribution in [-0.2, 0) is 13.0 Å². The molecule has 0 aliphatic carbocycles. The molecule has 2 heteroatoms. The van der Waals surface area contributed by atoms with Crippen LogP contribution in [0.25, 0.3) is 0 Å². The van der Waals surface area contributed by atoms with E-state index in [0.29, 0.717) is 6.61 Å². The fourth-order valence-corrected chi connectivity index (χ4v) is 2.30. The Morgan fingerprint density at radius 3 is 2.13 bits per heavy atom. The second kappa shape index (κ2) is 7.50. The molecule has 23 heavy (non-hydrogen) atoms. The average molecular weight is 304 g/mol. The van der Waals surface area contributed by atoms with Gasteiger partial charge in [-0.15, -0.1) is 0 Å². The van der Waals surface area contributed by atoms with Gasteiger partial charge in [0.25, 0.3) is 0 Å². The van der Waals surface area contributed by atoms with Crippen molar-refractivity contribution < 1.29 is 9.47 Å². The zero-order chi connectivity index (χ0) is 15.9. The summed E-state index contributed by atoms with van der Waals surface area (Å²) in [5.41, 5.74) is 2.45. The van der Waals surface area contributed by atoms with Gasteiger partial charge < -0.3 is 9.47 Å². The van der Waals surface area contributed by atoms with E-state index >= 15 is 0 Å². The molecule has 0 fully saturated rings. The summed E-state index contributed by atoms with van der Waals surface area (Å²) in [5, 5.41) is 0. The molecule has 3 aromatic carbocycles. The first-order chi connectivity index (χ1) is 11.3. The lowest BCUT2D eigenvalue weighted by atomic mass is 10.2. The second-order valence-electron chi connectivity index (χ2n) is 5.35. The van der Waals surface area contributed by atoms with Crippen LogP contribution < -0.4 is 9.47 Å². The Balaban J connectivity index is 1.64. The molecule has 0 heterocycles. The lowest BCUT2D eigenvalue weighted by molar-refractivity contribution is 0.304. The molecule has 0 aliphatic rings. The molecule has 2 nitrogen and oxygen atoms in total. The van der Waals surface area contributed by atoms with Crippen LogP contribution in [0.5, 0.6) is 17.2 Å². The summed E-state index contributed by atoms with van der Waals surface area (Å²) in [5.74, 6) is 2.42. The van der Waals surface area contributed by atoms with Crippen molar-refractivity contribution in [3.63, 3.8) is 0 Å². The normalized spacial score (nSPS) is 10.3. The predicted octanol–water partition coefficient (Wildman–Crippen LogP) is 5.62. The van der Waals surface area contributed by atoms with E-state index in [9.17, 15) is 0 Å². The van der Waals surface area contributed by atoms with Crippen molar-refractivity contribution in [1.82, 2.24) is 0 Å². The van der Waals surface area contributed by atoms with Crippen molar-refractivity contribution in [3.05, 3.63) is 90.0 Å². The Hall–Kier alpha value is -2.74. The van der Waals surface area contributed by atoms with Crippen molar-refractivity contribution in [2.24, 2.45) is 0 Å². The minimum Gasteiger partial charge on any atom is -0.489 e. The van der Waals surface area contributed by atoms with Gasteiger partial charge >= 0.3 is 0 Å². The maximum absolute atomic E-state index is 5.89. The smallest absolute Gasteiger partial charge is 0.131 e. The van der Waals surface area contributed by atoms with Gasteiger partial charge in [-0.05, 0) is 41.8 Å². The zero-order valence-electron chi connectivity index (χ0n) is 13.2. The number of hydrogen-bond acceptors (Lipinski definition) is 2. The van der Waals surface area contributed by atoms with Gasteiger partial charge in [-0.1, -0.05) is 55.5 Å². The zero-order valence-corrected chi connectivity index (χ0v) is 13.2. The molecular formula is C21H20O2. The van der Waals surface area contributed by atoms with Gasteiger partial charge in [0.2, 0.25) is 0 Å². The highest BCUT2D eigenvalue weighted by atomic mass is 16.5. The summed E-state index contributed by atoms with van der Waals surface area (Å²) < 4.78 is 11.7. The molecule has 0 saturated heterocycles. The van der Waals surface area contributed by atoms with Crippen LogP contribution in [0.15, 0.2) is 78.9 Å². The van der Waals surface area contributed by atoms with Crippen LogP contribution in [0.2, 0.25) is 0 Å². The predicted molar refractivity (Wildman–Crippen MR) is 93.1 cm³/mol. The van der Waals surface area contributed by atoms with Crippen LogP contribution in [0.4, 0.5) is 0 Å². The fraction of sp³-hybridized carbons (Fsp3) is 0.143. The van der Waals surface area contributed by atoms with E-state index in [0.717, 1.165) is 29.2 Å². The first kappa shape index (κ1) is 15.2. The van der Waals surface area contributed by atoms with Crippen LogP contribution in [0, 0.1) is 0 Å². The molecule has 0 aliphatic heterocycles. The van der Waals surface area contributed by atoms with Gasteiger partial charge in [0.05, 0.1) is 0 Å². The molecule has 0 unspecified atom stereocenters. The van der Waals surface area contributed by atoms with Crippen LogP contribution in [0.1, 0.15) is 18.1 Å². The lowest BCUT2D eigenvalue weighted by Gasteiger charge is -2.10. The quantitative estimate of drug-likeness (QED) is 0.588. The summed E-state index contributed by atoms with van der Waals surface area (Å²) in [6, 6.07) is 26.0. The third kappa shape index (κ3) is 4.36. The van der Waals surface area contributed by atoms with E-state index in [-0.39, 0.29) is 0 Å². The molecule has 0 spiro atoms. The highest BCUT2D eigenvalue weighted by Gasteiger charge is 2.01. The van der Waals surface area contributed by atoms with Crippen LogP contribution >= 0.6 is 0 Å². The monoisotopic (exact) mass is 304 g/mol. The maximum atomic E-state index is 5.89. The highest BCUT2D eigenvalue weighted by Crippen LogP contribution is 2.26. The Labute approximate surface area is 137 Å². The first-order valence-electron chi connectivity index (χ1n) is 7.87. The van der Waals surface area contributed by atoms with Gasteiger partial charge in [0.1, 0.15) is 23.9 Å². The third-order valence-corrected chi connectivity index (χ3v) is 3.62. The molecule has 0 N–H and O–H groups in total. The molecule has 116 valence electrons. The van der Waals surface area contributed by atoms with Crippen molar-refractivity contribution in [2.45, 2.75) is 20.0 Å². The number of aryl methyl sites for hydroxylation is 1. The summed E-state index contributed by atoms with van der Waals surface area (Å²) in [6.45, 7) is 2.69.